The largest absolute Gasteiger partial charge is 0.467 e. The van der Waals surface area contributed by atoms with Crippen molar-refractivity contribution in [1.29, 1.82) is 0 Å². The number of nitrogens with one attached hydrogen (secondary N) is 2. The Morgan fingerprint density at radius 2 is 2.13 bits per heavy atom. The Bertz CT molecular complexity index is 649. The number of amides is 1. The highest BCUT2D eigenvalue weighted by Crippen LogP contribution is 2.21. The second kappa shape index (κ2) is 7.26. The number of hydrogen-bond acceptors (Lipinski definition) is 5. The third kappa shape index (κ3) is 4.31. The van der Waals surface area contributed by atoms with E-state index in [9.17, 15) is 4.79 Å². The summed E-state index contributed by atoms with van der Waals surface area (Å²) in [5, 5.41) is 6.25. The number of carbonyl (C=O) groups is 1. The number of rotatable bonds is 5. The highest BCUT2D eigenvalue weighted by molar-refractivity contribution is 5.92. The van der Waals surface area contributed by atoms with Crippen LogP contribution in [0.25, 0.3) is 0 Å². The first kappa shape index (κ1) is 15.5. The van der Waals surface area contributed by atoms with Gasteiger partial charge in [-0.25, -0.2) is 9.97 Å². The van der Waals surface area contributed by atoms with Gasteiger partial charge in [0, 0.05) is 12.1 Å². The Kier molecular flexibility index (Phi) is 4.90. The van der Waals surface area contributed by atoms with Crippen LogP contribution in [0.1, 0.15) is 54.2 Å². The molecule has 1 saturated carbocycles. The molecule has 23 heavy (non-hydrogen) atoms. The van der Waals surface area contributed by atoms with Gasteiger partial charge in [-0.05, 0) is 31.9 Å². The zero-order valence-corrected chi connectivity index (χ0v) is 13.3. The lowest BCUT2D eigenvalue weighted by atomic mass is 9.95. The van der Waals surface area contributed by atoms with Crippen LogP contribution in [-0.2, 0) is 6.54 Å². The molecule has 0 atom stereocenters. The average Bonchev–Trinajstić information content (AvgIpc) is 3.06. The van der Waals surface area contributed by atoms with E-state index < -0.39 is 0 Å². The summed E-state index contributed by atoms with van der Waals surface area (Å²) in [6.07, 6.45) is 7.70. The molecule has 1 fully saturated rings. The Labute approximate surface area is 135 Å². The van der Waals surface area contributed by atoms with Gasteiger partial charge in [0.1, 0.15) is 23.1 Å². The third-order valence-electron chi connectivity index (χ3n) is 4.03. The number of carbonyl (C=O) groups excluding carboxylic acids is 1. The van der Waals surface area contributed by atoms with Crippen molar-refractivity contribution in [1.82, 2.24) is 15.3 Å². The molecule has 3 rings (SSSR count). The first-order valence-corrected chi connectivity index (χ1v) is 8.13. The minimum atomic E-state index is -0.224. The number of nitrogens with zero attached hydrogens (tertiary/aromatic N) is 2. The summed E-state index contributed by atoms with van der Waals surface area (Å²) >= 11 is 0. The van der Waals surface area contributed by atoms with E-state index in [4.69, 9.17) is 4.42 Å². The van der Waals surface area contributed by atoms with Gasteiger partial charge in [0.2, 0.25) is 0 Å². The van der Waals surface area contributed by atoms with Crippen molar-refractivity contribution in [3.63, 3.8) is 0 Å². The van der Waals surface area contributed by atoms with E-state index >= 15 is 0 Å². The Morgan fingerprint density at radius 3 is 2.87 bits per heavy atom. The summed E-state index contributed by atoms with van der Waals surface area (Å²) in [6, 6.07) is 5.78. The molecule has 0 spiro atoms. The minimum Gasteiger partial charge on any atom is -0.467 e. The summed E-state index contributed by atoms with van der Waals surface area (Å²) in [6.45, 7) is 2.15. The molecule has 2 N–H and O–H groups in total. The molecule has 1 aliphatic rings. The fraction of sp³-hybridized carbons (Fsp3) is 0.471. The predicted molar refractivity (Wildman–Crippen MR) is 87.1 cm³/mol. The SMILES string of the molecule is Cc1nc(NC2CCCCC2)cc(C(=O)NCc2ccco2)n1. The maximum atomic E-state index is 12.3. The van der Waals surface area contributed by atoms with Crippen LogP contribution in [0.5, 0.6) is 0 Å². The van der Waals surface area contributed by atoms with E-state index in [0.29, 0.717) is 29.9 Å². The van der Waals surface area contributed by atoms with Crippen LogP contribution < -0.4 is 10.6 Å². The van der Waals surface area contributed by atoms with Crippen molar-refractivity contribution < 1.29 is 9.21 Å². The van der Waals surface area contributed by atoms with E-state index in [1.807, 2.05) is 6.07 Å². The van der Waals surface area contributed by atoms with Crippen molar-refractivity contribution in [2.45, 2.75) is 51.6 Å². The third-order valence-corrected chi connectivity index (χ3v) is 4.03. The van der Waals surface area contributed by atoms with E-state index in [1.54, 1.807) is 25.3 Å². The summed E-state index contributed by atoms with van der Waals surface area (Å²) in [7, 11) is 0. The van der Waals surface area contributed by atoms with Gasteiger partial charge in [-0.2, -0.15) is 0 Å². The van der Waals surface area contributed by atoms with E-state index in [1.165, 1.54) is 19.3 Å². The summed E-state index contributed by atoms with van der Waals surface area (Å²) in [5.74, 6) is 1.81. The van der Waals surface area contributed by atoms with Crippen LogP contribution in [-0.4, -0.2) is 21.9 Å². The molecule has 0 radical (unpaired) electrons. The molecule has 122 valence electrons. The molecule has 6 nitrogen and oxygen atoms in total. The highest BCUT2D eigenvalue weighted by Gasteiger charge is 2.16. The van der Waals surface area contributed by atoms with Gasteiger partial charge in [0.15, 0.2) is 0 Å². The lowest BCUT2D eigenvalue weighted by Crippen LogP contribution is -2.26. The van der Waals surface area contributed by atoms with E-state index in [2.05, 4.69) is 20.6 Å². The van der Waals surface area contributed by atoms with Gasteiger partial charge in [-0.3, -0.25) is 4.79 Å². The van der Waals surface area contributed by atoms with Crippen LogP contribution in [0.2, 0.25) is 0 Å². The van der Waals surface area contributed by atoms with Gasteiger partial charge >= 0.3 is 0 Å². The standard InChI is InChI=1S/C17H22N4O2/c1-12-19-15(17(22)18-11-14-8-5-9-23-14)10-16(20-12)21-13-6-3-2-4-7-13/h5,8-10,13H,2-4,6-7,11H2,1H3,(H,18,22)(H,19,20,21). The van der Waals surface area contributed by atoms with E-state index in [0.717, 1.165) is 18.7 Å². The maximum Gasteiger partial charge on any atom is 0.270 e. The molecule has 2 heterocycles. The second-order valence-corrected chi connectivity index (χ2v) is 5.93. The molecule has 0 unspecified atom stereocenters. The molecule has 6 heteroatoms. The number of hydrogen-bond donors (Lipinski definition) is 2. The quantitative estimate of drug-likeness (QED) is 0.886. The van der Waals surface area contributed by atoms with Crippen LogP contribution in [0.15, 0.2) is 28.9 Å². The molecule has 2 aromatic rings. The average molecular weight is 314 g/mol. The second-order valence-electron chi connectivity index (χ2n) is 5.93. The Hall–Kier alpha value is -2.37. The minimum absolute atomic E-state index is 0.224. The maximum absolute atomic E-state index is 12.3. The first-order chi connectivity index (χ1) is 11.2. The van der Waals surface area contributed by atoms with Gasteiger partial charge in [-0.1, -0.05) is 19.3 Å². The topological polar surface area (TPSA) is 80.0 Å². The Balaban J connectivity index is 1.65. The van der Waals surface area contributed by atoms with Crippen molar-refractivity contribution in [2.24, 2.45) is 0 Å². The molecule has 1 amide bonds. The smallest absolute Gasteiger partial charge is 0.270 e. The summed E-state index contributed by atoms with van der Waals surface area (Å²) in [5.41, 5.74) is 0.377. The normalized spacial score (nSPS) is 15.3. The van der Waals surface area contributed by atoms with Gasteiger partial charge in [-0.15, -0.1) is 0 Å². The molecule has 2 aromatic heterocycles. The molecule has 1 aliphatic carbocycles. The number of anilines is 1. The zero-order chi connectivity index (χ0) is 16.1. The lowest BCUT2D eigenvalue weighted by molar-refractivity contribution is 0.0942. The van der Waals surface area contributed by atoms with Crippen LogP contribution >= 0.6 is 0 Å². The van der Waals surface area contributed by atoms with Crippen LogP contribution in [0.3, 0.4) is 0 Å². The zero-order valence-electron chi connectivity index (χ0n) is 13.3. The van der Waals surface area contributed by atoms with Crippen molar-refractivity contribution in [2.75, 3.05) is 5.32 Å². The fourth-order valence-corrected chi connectivity index (χ4v) is 2.89. The van der Waals surface area contributed by atoms with Gasteiger partial charge in [0.05, 0.1) is 12.8 Å². The number of aromatic nitrogens is 2. The van der Waals surface area contributed by atoms with Gasteiger partial charge < -0.3 is 15.1 Å². The molecule has 0 aliphatic heterocycles. The predicted octanol–water partition coefficient (Wildman–Crippen LogP) is 3.05. The number of aryl methyl sites for hydroxylation is 1. The molecule has 0 saturated heterocycles. The summed E-state index contributed by atoms with van der Waals surface area (Å²) < 4.78 is 5.21. The molecule has 0 aromatic carbocycles. The van der Waals surface area contributed by atoms with Crippen LogP contribution in [0.4, 0.5) is 5.82 Å². The fourth-order valence-electron chi connectivity index (χ4n) is 2.89. The lowest BCUT2D eigenvalue weighted by Gasteiger charge is -2.23. The van der Waals surface area contributed by atoms with E-state index in [-0.39, 0.29) is 5.91 Å². The highest BCUT2D eigenvalue weighted by atomic mass is 16.3. The van der Waals surface area contributed by atoms with Crippen molar-refractivity contribution >= 4 is 11.7 Å². The monoisotopic (exact) mass is 314 g/mol. The molecular formula is C17H22N4O2. The molecule has 0 bridgehead atoms. The van der Waals surface area contributed by atoms with Crippen molar-refractivity contribution in [3.05, 3.63) is 41.7 Å². The van der Waals surface area contributed by atoms with Gasteiger partial charge in [0.25, 0.3) is 5.91 Å². The Morgan fingerprint density at radius 1 is 1.30 bits per heavy atom. The first-order valence-electron chi connectivity index (χ1n) is 8.13. The summed E-state index contributed by atoms with van der Waals surface area (Å²) in [4.78, 5) is 20.9. The van der Waals surface area contributed by atoms with Crippen LogP contribution in [0, 0.1) is 6.92 Å². The van der Waals surface area contributed by atoms with Crippen molar-refractivity contribution in [3.8, 4) is 0 Å². The number of furan rings is 1. The molecular weight excluding hydrogens is 292 g/mol.